The van der Waals surface area contributed by atoms with E-state index in [1.807, 2.05) is 30.3 Å². The Morgan fingerprint density at radius 3 is 2.70 bits per heavy atom. The van der Waals surface area contributed by atoms with Gasteiger partial charge in [0.15, 0.2) is 0 Å². The monoisotopic (exact) mass is 270 g/mol. The molecule has 0 atom stereocenters. The number of nitrogens with zero attached hydrogens (tertiary/aromatic N) is 3. The molecule has 1 amide bonds. The van der Waals surface area contributed by atoms with Crippen LogP contribution >= 0.6 is 0 Å². The van der Waals surface area contributed by atoms with Crippen molar-refractivity contribution in [1.29, 1.82) is 0 Å². The zero-order valence-electron chi connectivity index (χ0n) is 11.0. The molecule has 20 heavy (non-hydrogen) atoms. The summed E-state index contributed by atoms with van der Waals surface area (Å²) in [4.78, 5) is 30.4. The summed E-state index contributed by atoms with van der Waals surface area (Å²) in [7, 11) is 0. The smallest absolute Gasteiger partial charge is 0.270 e. The van der Waals surface area contributed by atoms with E-state index in [9.17, 15) is 9.70 Å². The van der Waals surface area contributed by atoms with Crippen LogP contribution in [-0.2, 0) is 13.1 Å². The van der Waals surface area contributed by atoms with Crippen molar-refractivity contribution in [2.75, 3.05) is 0 Å². The van der Waals surface area contributed by atoms with Gasteiger partial charge in [0, 0.05) is 6.54 Å². The third-order valence-electron chi connectivity index (χ3n) is 2.65. The molecule has 1 aromatic heterocycles. The minimum atomic E-state index is -0.300. The quantitative estimate of drug-likeness (QED) is 0.842. The number of hydrogen-bond donors (Lipinski definition) is 1. The van der Waals surface area contributed by atoms with Gasteiger partial charge in [-0.25, -0.2) is 9.97 Å². The van der Waals surface area contributed by atoms with Gasteiger partial charge in [0.2, 0.25) is 0 Å². The number of aryl methyl sites for hydroxylation is 1. The summed E-state index contributed by atoms with van der Waals surface area (Å²) in [5.74, 6) is 0.141. The van der Waals surface area contributed by atoms with Crippen molar-refractivity contribution in [3.63, 3.8) is 0 Å². The second-order valence-electron chi connectivity index (χ2n) is 4.25. The summed E-state index contributed by atoms with van der Waals surface area (Å²) < 4.78 is 0. The maximum Gasteiger partial charge on any atom is 0.270 e. The highest BCUT2D eigenvalue weighted by atomic mass is 16.3. The van der Waals surface area contributed by atoms with E-state index in [1.165, 1.54) is 6.07 Å². The Kier molecular flexibility index (Phi) is 4.49. The Morgan fingerprint density at radius 1 is 1.25 bits per heavy atom. The summed E-state index contributed by atoms with van der Waals surface area (Å²) in [6.07, 6.45) is 0. The van der Waals surface area contributed by atoms with Crippen LogP contribution in [-0.4, -0.2) is 15.9 Å². The van der Waals surface area contributed by atoms with Gasteiger partial charge in [-0.2, -0.15) is 4.91 Å². The van der Waals surface area contributed by atoms with E-state index in [4.69, 9.17) is 0 Å². The number of aromatic nitrogens is 2. The molecule has 0 radical (unpaired) electrons. The Labute approximate surface area is 116 Å². The highest BCUT2D eigenvalue weighted by Crippen LogP contribution is 2.04. The molecule has 0 aliphatic rings. The Morgan fingerprint density at radius 2 is 2.00 bits per heavy atom. The zero-order valence-corrected chi connectivity index (χ0v) is 11.0. The molecule has 1 aromatic carbocycles. The average molecular weight is 270 g/mol. The van der Waals surface area contributed by atoms with Crippen LogP contribution in [0.3, 0.4) is 0 Å². The summed E-state index contributed by atoms with van der Waals surface area (Å²) in [5, 5.41) is 5.54. The Balaban J connectivity index is 2.07. The second-order valence-corrected chi connectivity index (χ2v) is 4.25. The molecular formula is C14H14N4O2. The standard InChI is InChI=1S/C14H14N4O2/c1-10-17-12(9-16-20)7-13(18-10)14(19)15-8-11-5-3-2-4-6-11/h2-7H,8-9H2,1H3,(H,15,19). The van der Waals surface area contributed by atoms with Gasteiger partial charge in [-0.05, 0) is 18.6 Å². The van der Waals surface area contributed by atoms with Crippen LogP contribution < -0.4 is 5.32 Å². The van der Waals surface area contributed by atoms with Gasteiger partial charge in [-0.15, -0.1) is 0 Å². The van der Waals surface area contributed by atoms with Crippen molar-refractivity contribution < 1.29 is 4.79 Å². The van der Waals surface area contributed by atoms with Crippen LogP contribution in [0.1, 0.15) is 27.6 Å². The summed E-state index contributed by atoms with van der Waals surface area (Å²) in [6, 6.07) is 11.1. The van der Waals surface area contributed by atoms with Crippen LogP contribution in [0.15, 0.2) is 41.6 Å². The predicted molar refractivity (Wildman–Crippen MR) is 73.9 cm³/mol. The van der Waals surface area contributed by atoms with Gasteiger partial charge in [0.1, 0.15) is 18.1 Å². The van der Waals surface area contributed by atoms with E-state index < -0.39 is 0 Å². The van der Waals surface area contributed by atoms with Gasteiger partial charge in [0.25, 0.3) is 5.91 Å². The number of amides is 1. The summed E-state index contributed by atoms with van der Waals surface area (Å²) >= 11 is 0. The minimum Gasteiger partial charge on any atom is -0.347 e. The molecule has 0 bridgehead atoms. The minimum absolute atomic E-state index is 0.0671. The molecular weight excluding hydrogens is 256 g/mol. The van der Waals surface area contributed by atoms with Gasteiger partial charge in [-0.1, -0.05) is 35.5 Å². The maximum absolute atomic E-state index is 12.0. The molecule has 2 rings (SSSR count). The van der Waals surface area contributed by atoms with E-state index in [0.29, 0.717) is 18.1 Å². The number of hydrogen-bond acceptors (Lipinski definition) is 5. The van der Waals surface area contributed by atoms with Crippen molar-refractivity contribution in [3.05, 3.63) is 64.1 Å². The number of nitroso groups, excluding NO2 is 1. The maximum atomic E-state index is 12.0. The highest BCUT2D eigenvalue weighted by Gasteiger charge is 2.10. The number of carbonyl (C=O) groups excluding carboxylic acids is 1. The first-order valence-corrected chi connectivity index (χ1v) is 6.15. The van der Waals surface area contributed by atoms with E-state index in [0.717, 1.165) is 5.56 Å². The average Bonchev–Trinajstić information content (AvgIpc) is 2.45. The third kappa shape index (κ3) is 3.68. The van der Waals surface area contributed by atoms with Crippen molar-refractivity contribution >= 4 is 5.91 Å². The number of nitrogens with one attached hydrogen (secondary N) is 1. The first-order chi connectivity index (χ1) is 9.69. The number of carbonyl (C=O) groups is 1. The van der Waals surface area contributed by atoms with E-state index in [1.54, 1.807) is 6.92 Å². The van der Waals surface area contributed by atoms with Crippen LogP contribution in [0, 0.1) is 11.8 Å². The fourth-order valence-electron chi connectivity index (χ4n) is 1.76. The van der Waals surface area contributed by atoms with Gasteiger partial charge in [0.05, 0.1) is 5.69 Å². The lowest BCUT2D eigenvalue weighted by atomic mass is 10.2. The van der Waals surface area contributed by atoms with E-state index in [-0.39, 0.29) is 18.1 Å². The molecule has 0 unspecified atom stereocenters. The molecule has 6 heteroatoms. The molecule has 102 valence electrons. The summed E-state index contributed by atoms with van der Waals surface area (Å²) in [5.41, 5.74) is 1.69. The lowest BCUT2D eigenvalue weighted by Crippen LogP contribution is -2.24. The SMILES string of the molecule is Cc1nc(CN=O)cc(C(=O)NCc2ccccc2)n1. The van der Waals surface area contributed by atoms with Gasteiger partial charge >= 0.3 is 0 Å². The molecule has 0 fully saturated rings. The Hall–Kier alpha value is -2.63. The topological polar surface area (TPSA) is 84.3 Å². The lowest BCUT2D eigenvalue weighted by molar-refractivity contribution is 0.0945. The number of benzene rings is 1. The first-order valence-electron chi connectivity index (χ1n) is 6.15. The number of rotatable bonds is 5. The predicted octanol–water partition coefficient (Wildman–Crippen LogP) is 1.98. The van der Waals surface area contributed by atoms with Crippen LogP contribution in [0.4, 0.5) is 0 Å². The highest BCUT2D eigenvalue weighted by molar-refractivity contribution is 5.92. The summed E-state index contributed by atoms with van der Waals surface area (Å²) in [6.45, 7) is 2.02. The fourth-order valence-corrected chi connectivity index (χ4v) is 1.76. The van der Waals surface area contributed by atoms with Crippen molar-refractivity contribution in [3.8, 4) is 0 Å². The first kappa shape index (κ1) is 13.8. The van der Waals surface area contributed by atoms with Crippen molar-refractivity contribution in [1.82, 2.24) is 15.3 Å². The molecule has 1 heterocycles. The van der Waals surface area contributed by atoms with Crippen LogP contribution in [0.25, 0.3) is 0 Å². The molecule has 0 spiro atoms. The van der Waals surface area contributed by atoms with Gasteiger partial charge < -0.3 is 5.32 Å². The lowest BCUT2D eigenvalue weighted by Gasteiger charge is -2.06. The van der Waals surface area contributed by atoms with Crippen LogP contribution in [0.2, 0.25) is 0 Å². The van der Waals surface area contributed by atoms with E-state index >= 15 is 0 Å². The molecule has 6 nitrogen and oxygen atoms in total. The third-order valence-corrected chi connectivity index (χ3v) is 2.65. The van der Waals surface area contributed by atoms with Crippen molar-refractivity contribution in [2.24, 2.45) is 5.18 Å². The molecule has 2 aromatic rings. The second kappa shape index (κ2) is 6.51. The van der Waals surface area contributed by atoms with E-state index in [2.05, 4.69) is 20.5 Å². The van der Waals surface area contributed by atoms with Crippen LogP contribution in [0.5, 0.6) is 0 Å². The van der Waals surface area contributed by atoms with Gasteiger partial charge in [-0.3, -0.25) is 4.79 Å². The zero-order chi connectivity index (χ0) is 14.4. The molecule has 0 aliphatic heterocycles. The molecule has 0 aliphatic carbocycles. The normalized spacial score (nSPS) is 10.1. The largest absolute Gasteiger partial charge is 0.347 e. The molecule has 0 saturated heterocycles. The van der Waals surface area contributed by atoms with Crippen molar-refractivity contribution in [2.45, 2.75) is 20.0 Å². The molecule has 0 saturated carbocycles. The molecule has 1 N–H and O–H groups in total. The fraction of sp³-hybridized carbons (Fsp3) is 0.214. The Bertz CT molecular complexity index is 614.